The van der Waals surface area contributed by atoms with Gasteiger partial charge in [0.05, 0.1) is 6.42 Å². The van der Waals surface area contributed by atoms with Gasteiger partial charge < -0.3 is 15.0 Å². The maximum atomic E-state index is 12.4. The minimum Gasteiger partial charge on any atom is -0.455 e. The van der Waals surface area contributed by atoms with Gasteiger partial charge in [-0.25, -0.2) is 4.79 Å². The Labute approximate surface area is 157 Å². The normalized spacial score (nSPS) is 18.1. The predicted octanol–water partition coefficient (Wildman–Crippen LogP) is 1.23. The molecule has 0 bridgehead atoms. The second-order valence-electron chi connectivity index (χ2n) is 7.20. The van der Waals surface area contributed by atoms with Crippen molar-refractivity contribution in [1.29, 1.82) is 0 Å². The molecule has 0 aromatic heterocycles. The van der Waals surface area contributed by atoms with Crippen LogP contribution in [0, 0.1) is 0 Å². The highest BCUT2D eigenvalue weighted by Crippen LogP contribution is 2.26. The van der Waals surface area contributed by atoms with E-state index in [4.69, 9.17) is 4.74 Å². The van der Waals surface area contributed by atoms with Gasteiger partial charge in [0.15, 0.2) is 6.61 Å². The summed E-state index contributed by atoms with van der Waals surface area (Å²) in [4.78, 5) is 50.9. The lowest BCUT2D eigenvalue weighted by Gasteiger charge is -2.29. The van der Waals surface area contributed by atoms with Crippen molar-refractivity contribution in [2.24, 2.45) is 0 Å². The molecule has 1 aromatic rings. The van der Waals surface area contributed by atoms with Crippen molar-refractivity contribution < 1.29 is 23.9 Å². The van der Waals surface area contributed by atoms with E-state index >= 15 is 0 Å². The van der Waals surface area contributed by atoms with E-state index in [1.807, 2.05) is 24.3 Å². The fourth-order valence-electron chi connectivity index (χ4n) is 3.31. The molecule has 0 atom stereocenters. The van der Waals surface area contributed by atoms with E-state index in [0.717, 1.165) is 29.0 Å². The molecule has 27 heavy (non-hydrogen) atoms. The van der Waals surface area contributed by atoms with E-state index in [1.54, 1.807) is 18.7 Å². The number of fused-ring (bicyclic) bond motifs is 1. The molecule has 1 aromatic carbocycles. The number of imide groups is 1. The molecule has 144 valence electrons. The van der Waals surface area contributed by atoms with Crippen molar-refractivity contribution in [2.45, 2.75) is 38.6 Å². The van der Waals surface area contributed by atoms with Crippen molar-refractivity contribution in [3.63, 3.8) is 0 Å². The van der Waals surface area contributed by atoms with Gasteiger partial charge >= 0.3 is 12.0 Å². The number of aryl methyl sites for hydroxylation is 1. The Balaban J connectivity index is 1.49. The summed E-state index contributed by atoms with van der Waals surface area (Å²) in [6.45, 7) is 3.35. The smallest absolute Gasteiger partial charge is 0.325 e. The molecule has 2 aliphatic heterocycles. The van der Waals surface area contributed by atoms with Crippen molar-refractivity contribution in [3.8, 4) is 0 Å². The molecule has 8 heteroatoms. The van der Waals surface area contributed by atoms with Gasteiger partial charge in [0, 0.05) is 18.8 Å². The predicted molar refractivity (Wildman–Crippen MR) is 97.0 cm³/mol. The summed E-state index contributed by atoms with van der Waals surface area (Å²) in [5.41, 5.74) is 0.981. The fourth-order valence-corrected chi connectivity index (χ4v) is 3.31. The van der Waals surface area contributed by atoms with Crippen LogP contribution >= 0.6 is 0 Å². The monoisotopic (exact) mass is 373 g/mol. The van der Waals surface area contributed by atoms with Gasteiger partial charge in [-0.3, -0.25) is 19.3 Å². The highest BCUT2D eigenvalue weighted by molar-refractivity contribution is 6.06. The zero-order valence-corrected chi connectivity index (χ0v) is 15.5. The molecule has 2 heterocycles. The van der Waals surface area contributed by atoms with Gasteiger partial charge in [-0.05, 0) is 38.3 Å². The third kappa shape index (κ3) is 3.94. The lowest BCUT2D eigenvalue weighted by atomic mass is 10.0. The molecular weight excluding hydrogens is 350 g/mol. The third-order valence-corrected chi connectivity index (χ3v) is 4.75. The number of hydrogen-bond donors (Lipinski definition) is 1. The number of para-hydroxylation sites is 1. The maximum Gasteiger partial charge on any atom is 0.325 e. The maximum absolute atomic E-state index is 12.4. The number of urea groups is 1. The van der Waals surface area contributed by atoms with Crippen molar-refractivity contribution in [3.05, 3.63) is 29.8 Å². The van der Waals surface area contributed by atoms with Gasteiger partial charge in [0.2, 0.25) is 0 Å². The van der Waals surface area contributed by atoms with Gasteiger partial charge in [0.25, 0.3) is 11.8 Å². The Morgan fingerprint density at radius 3 is 2.67 bits per heavy atom. The molecule has 0 radical (unpaired) electrons. The zero-order chi connectivity index (χ0) is 19.6. The Hall–Kier alpha value is -2.90. The number of nitrogens with zero attached hydrogens (tertiary/aromatic N) is 2. The molecule has 8 nitrogen and oxygen atoms in total. The SMILES string of the molecule is CC1(C)NC(=O)N(CCC(=O)OCC(=O)N2CCCc3ccccc32)C1=O. The molecule has 0 saturated carbocycles. The molecule has 4 amide bonds. The molecule has 3 rings (SSSR count). The number of carbonyl (C=O) groups excluding carboxylic acids is 4. The number of anilines is 1. The third-order valence-electron chi connectivity index (χ3n) is 4.75. The minimum atomic E-state index is -0.974. The molecule has 1 N–H and O–H groups in total. The number of nitrogens with one attached hydrogen (secondary N) is 1. The number of rotatable bonds is 5. The Kier molecular flexibility index (Phi) is 5.16. The van der Waals surface area contributed by atoms with E-state index in [2.05, 4.69) is 5.32 Å². The van der Waals surface area contributed by atoms with E-state index < -0.39 is 17.5 Å². The van der Waals surface area contributed by atoms with Crippen LogP contribution in [0.3, 0.4) is 0 Å². The second kappa shape index (κ2) is 7.38. The van der Waals surface area contributed by atoms with Crippen LogP contribution in [0.4, 0.5) is 10.5 Å². The largest absolute Gasteiger partial charge is 0.455 e. The Morgan fingerprint density at radius 2 is 1.96 bits per heavy atom. The van der Waals surface area contributed by atoms with Gasteiger partial charge in [-0.15, -0.1) is 0 Å². The highest BCUT2D eigenvalue weighted by atomic mass is 16.5. The van der Waals surface area contributed by atoms with Gasteiger partial charge in [-0.1, -0.05) is 18.2 Å². The summed E-state index contributed by atoms with van der Waals surface area (Å²) in [5, 5.41) is 2.54. The van der Waals surface area contributed by atoms with Crippen LogP contribution in [0.2, 0.25) is 0 Å². The molecule has 0 aliphatic carbocycles. The first-order chi connectivity index (χ1) is 12.8. The zero-order valence-electron chi connectivity index (χ0n) is 15.5. The van der Waals surface area contributed by atoms with E-state index in [1.165, 1.54) is 0 Å². The highest BCUT2D eigenvalue weighted by Gasteiger charge is 2.44. The van der Waals surface area contributed by atoms with E-state index in [0.29, 0.717) is 6.54 Å². The Bertz CT molecular complexity index is 789. The topological polar surface area (TPSA) is 96.0 Å². The Morgan fingerprint density at radius 1 is 1.22 bits per heavy atom. The molecular formula is C19H23N3O5. The summed E-state index contributed by atoms with van der Waals surface area (Å²) in [7, 11) is 0. The number of hydrogen-bond acceptors (Lipinski definition) is 5. The quantitative estimate of drug-likeness (QED) is 0.619. The first-order valence-corrected chi connectivity index (χ1v) is 8.97. The summed E-state index contributed by atoms with van der Waals surface area (Å²) >= 11 is 0. The lowest BCUT2D eigenvalue weighted by Crippen LogP contribution is -2.40. The van der Waals surface area contributed by atoms with Crippen LogP contribution in [0.5, 0.6) is 0 Å². The summed E-state index contributed by atoms with van der Waals surface area (Å²) < 4.78 is 5.05. The molecule has 0 unspecified atom stereocenters. The summed E-state index contributed by atoms with van der Waals surface area (Å²) in [5.74, 6) is -1.30. The fraction of sp³-hybridized carbons (Fsp3) is 0.474. The van der Waals surface area contributed by atoms with Crippen LogP contribution in [0.1, 0.15) is 32.3 Å². The number of carbonyl (C=O) groups is 4. The van der Waals surface area contributed by atoms with Crippen LogP contribution < -0.4 is 10.2 Å². The molecule has 2 aliphatic rings. The average molecular weight is 373 g/mol. The number of benzene rings is 1. The molecule has 1 fully saturated rings. The summed E-state index contributed by atoms with van der Waals surface area (Å²) in [6.07, 6.45) is 1.62. The standard InChI is InChI=1S/C19H23N3O5/c1-19(2)17(25)22(18(26)20-19)11-9-16(24)27-12-15(23)21-10-5-7-13-6-3-4-8-14(13)21/h3-4,6,8H,5,7,9-12H2,1-2H3,(H,20,26). The van der Waals surface area contributed by atoms with E-state index in [-0.39, 0.29) is 31.4 Å². The van der Waals surface area contributed by atoms with Gasteiger partial charge in [-0.2, -0.15) is 0 Å². The average Bonchev–Trinajstić information content (AvgIpc) is 2.84. The summed E-state index contributed by atoms with van der Waals surface area (Å²) in [6, 6.07) is 7.15. The second-order valence-corrected chi connectivity index (χ2v) is 7.20. The minimum absolute atomic E-state index is 0.0757. The van der Waals surface area contributed by atoms with Crippen molar-refractivity contribution >= 4 is 29.5 Å². The first kappa shape index (κ1) is 18.9. The van der Waals surface area contributed by atoms with Gasteiger partial charge in [0.1, 0.15) is 5.54 Å². The van der Waals surface area contributed by atoms with Crippen molar-refractivity contribution in [1.82, 2.24) is 10.2 Å². The molecule has 1 saturated heterocycles. The number of amides is 4. The first-order valence-electron chi connectivity index (χ1n) is 8.97. The van der Waals surface area contributed by atoms with E-state index in [9.17, 15) is 19.2 Å². The number of esters is 1. The van der Waals surface area contributed by atoms with Crippen molar-refractivity contribution in [2.75, 3.05) is 24.6 Å². The van der Waals surface area contributed by atoms with Crippen LogP contribution in [0.25, 0.3) is 0 Å². The van der Waals surface area contributed by atoms with Crippen LogP contribution in [-0.4, -0.2) is 54.0 Å². The van der Waals surface area contributed by atoms with Crippen LogP contribution in [-0.2, 0) is 25.5 Å². The lowest BCUT2D eigenvalue weighted by molar-refractivity contribution is -0.148. The number of ether oxygens (including phenoxy) is 1. The van der Waals surface area contributed by atoms with Crippen LogP contribution in [0.15, 0.2) is 24.3 Å². The molecule has 0 spiro atoms.